The van der Waals surface area contributed by atoms with E-state index in [1.54, 1.807) is 6.20 Å². The summed E-state index contributed by atoms with van der Waals surface area (Å²) in [4.78, 5) is 26.2. The quantitative estimate of drug-likeness (QED) is 0.764. The van der Waals surface area contributed by atoms with E-state index in [1.165, 1.54) is 24.0 Å². The van der Waals surface area contributed by atoms with Gasteiger partial charge in [-0.1, -0.05) is 12.1 Å². The first-order valence-electron chi connectivity index (χ1n) is 11.3. The first kappa shape index (κ1) is 20.9. The molecule has 2 saturated heterocycles. The van der Waals surface area contributed by atoms with Gasteiger partial charge < -0.3 is 5.32 Å². The normalized spacial score (nSPS) is 21.4. The van der Waals surface area contributed by atoms with Crippen LogP contribution in [0.2, 0.25) is 0 Å². The molecule has 0 spiro atoms. The highest BCUT2D eigenvalue weighted by Gasteiger charge is 2.31. The van der Waals surface area contributed by atoms with Crippen LogP contribution in [0.1, 0.15) is 36.8 Å². The predicted molar refractivity (Wildman–Crippen MR) is 118 cm³/mol. The predicted octanol–water partition coefficient (Wildman–Crippen LogP) is 2.51. The van der Waals surface area contributed by atoms with Crippen molar-refractivity contribution in [2.24, 2.45) is 5.92 Å². The van der Waals surface area contributed by atoms with Crippen LogP contribution in [-0.4, -0.2) is 64.4 Å². The average Bonchev–Trinajstić information content (AvgIpc) is 2.81. The second-order valence-electron chi connectivity index (χ2n) is 8.60. The van der Waals surface area contributed by atoms with E-state index >= 15 is 0 Å². The van der Waals surface area contributed by atoms with Gasteiger partial charge in [0, 0.05) is 50.5 Å². The zero-order valence-electron chi connectivity index (χ0n) is 17.7. The highest BCUT2D eigenvalue weighted by molar-refractivity contribution is 5.79. The van der Waals surface area contributed by atoms with Crippen LogP contribution in [0.5, 0.6) is 0 Å². The van der Waals surface area contributed by atoms with Gasteiger partial charge in [0.15, 0.2) is 0 Å². The lowest BCUT2D eigenvalue weighted by molar-refractivity contribution is -0.127. The van der Waals surface area contributed by atoms with Gasteiger partial charge in [0.05, 0.1) is 5.92 Å². The SMILES string of the molecule is O=C(NCCc1cccnc1)[C@H]1CCCN(C2CCN(Cc3cccnc3)CC2)C1. The zero-order chi connectivity index (χ0) is 20.6. The van der Waals surface area contributed by atoms with Gasteiger partial charge in [0.1, 0.15) is 0 Å². The summed E-state index contributed by atoms with van der Waals surface area (Å²) in [5, 5.41) is 3.15. The molecule has 0 aromatic carbocycles. The standard InChI is InChI=1S/C24H33N5O/c30-24(27-12-7-20-4-1-10-25-16-20)22-6-3-13-29(19-22)23-8-14-28(15-9-23)18-21-5-2-11-26-17-21/h1-2,4-5,10-11,16-17,22-23H,3,6-9,12-15,18-19H2,(H,27,30)/t22-/m0/s1. The number of amides is 1. The van der Waals surface area contributed by atoms with Crippen LogP contribution in [0.15, 0.2) is 49.1 Å². The molecule has 1 N–H and O–H groups in total. The Morgan fingerprint density at radius 2 is 1.73 bits per heavy atom. The maximum atomic E-state index is 12.7. The molecule has 0 unspecified atom stereocenters. The Labute approximate surface area is 179 Å². The third kappa shape index (κ3) is 5.86. The molecular weight excluding hydrogens is 374 g/mol. The van der Waals surface area contributed by atoms with Crippen LogP contribution < -0.4 is 5.32 Å². The van der Waals surface area contributed by atoms with Crippen LogP contribution in [0.3, 0.4) is 0 Å². The van der Waals surface area contributed by atoms with Gasteiger partial charge in [-0.15, -0.1) is 0 Å². The number of carbonyl (C=O) groups is 1. The first-order chi connectivity index (χ1) is 14.8. The molecule has 2 aromatic rings. The van der Waals surface area contributed by atoms with Crippen molar-refractivity contribution in [2.75, 3.05) is 32.7 Å². The fourth-order valence-electron chi connectivity index (χ4n) is 4.76. The molecule has 2 aliphatic heterocycles. The van der Waals surface area contributed by atoms with E-state index in [4.69, 9.17) is 0 Å². The number of carbonyl (C=O) groups excluding carboxylic acids is 1. The summed E-state index contributed by atoms with van der Waals surface area (Å²) >= 11 is 0. The number of likely N-dealkylation sites (tertiary alicyclic amines) is 2. The number of nitrogens with one attached hydrogen (secondary N) is 1. The molecule has 1 atom stereocenters. The van der Waals surface area contributed by atoms with Crippen molar-refractivity contribution in [2.45, 2.75) is 44.7 Å². The van der Waals surface area contributed by atoms with Crippen LogP contribution in [0.25, 0.3) is 0 Å². The van der Waals surface area contributed by atoms with E-state index in [2.05, 4.69) is 37.2 Å². The van der Waals surface area contributed by atoms with Crippen molar-refractivity contribution >= 4 is 5.91 Å². The molecule has 6 nitrogen and oxygen atoms in total. The maximum absolute atomic E-state index is 12.7. The number of hydrogen-bond donors (Lipinski definition) is 1. The summed E-state index contributed by atoms with van der Waals surface area (Å²) in [5.74, 6) is 0.346. The zero-order valence-corrected chi connectivity index (χ0v) is 17.7. The van der Waals surface area contributed by atoms with Crippen LogP contribution in [0, 0.1) is 5.92 Å². The highest BCUT2D eigenvalue weighted by atomic mass is 16.1. The van der Waals surface area contributed by atoms with Crippen LogP contribution in [-0.2, 0) is 17.8 Å². The van der Waals surface area contributed by atoms with Crippen LogP contribution >= 0.6 is 0 Å². The minimum Gasteiger partial charge on any atom is -0.355 e. The summed E-state index contributed by atoms with van der Waals surface area (Å²) in [6.07, 6.45) is 12.8. The Hall–Kier alpha value is -2.31. The number of pyridine rings is 2. The highest BCUT2D eigenvalue weighted by Crippen LogP contribution is 2.24. The fourth-order valence-corrected chi connectivity index (χ4v) is 4.76. The lowest BCUT2D eigenvalue weighted by atomic mass is 9.93. The second kappa shape index (κ2) is 10.6. The molecule has 6 heteroatoms. The molecule has 0 bridgehead atoms. The van der Waals surface area contributed by atoms with E-state index in [0.717, 1.165) is 52.0 Å². The van der Waals surface area contributed by atoms with Gasteiger partial charge >= 0.3 is 0 Å². The molecule has 2 fully saturated rings. The summed E-state index contributed by atoms with van der Waals surface area (Å²) < 4.78 is 0. The maximum Gasteiger partial charge on any atom is 0.224 e. The number of aromatic nitrogens is 2. The van der Waals surface area contributed by atoms with E-state index in [-0.39, 0.29) is 11.8 Å². The Morgan fingerprint density at radius 1 is 1.00 bits per heavy atom. The van der Waals surface area contributed by atoms with Crippen molar-refractivity contribution in [3.8, 4) is 0 Å². The van der Waals surface area contributed by atoms with E-state index < -0.39 is 0 Å². The number of rotatable bonds is 7. The van der Waals surface area contributed by atoms with Gasteiger partial charge in [0.2, 0.25) is 5.91 Å². The molecule has 30 heavy (non-hydrogen) atoms. The summed E-state index contributed by atoms with van der Waals surface area (Å²) in [5.41, 5.74) is 2.46. The monoisotopic (exact) mass is 407 g/mol. The Morgan fingerprint density at radius 3 is 2.43 bits per heavy atom. The van der Waals surface area contributed by atoms with E-state index in [0.29, 0.717) is 12.6 Å². The molecule has 0 aliphatic carbocycles. The molecule has 1 amide bonds. The minimum atomic E-state index is 0.126. The Bertz CT molecular complexity index is 777. The number of nitrogens with zero attached hydrogens (tertiary/aromatic N) is 4. The average molecular weight is 408 g/mol. The van der Waals surface area contributed by atoms with Crippen molar-refractivity contribution in [1.82, 2.24) is 25.1 Å². The molecule has 4 heterocycles. The molecule has 2 aromatic heterocycles. The first-order valence-corrected chi connectivity index (χ1v) is 11.3. The van der Waals surface area contributed by atoms with Gasteiger partial charge in [0.25, 0.3) is 0 Å². The summed E-state index contributed by atoms with van der Waals surface area (Å²) in [6.45, 7) is 5.96. The largest absolute Gasteiger partial charge is 0.355 e. The molecule has 2 aliphatic rings. The molecule has 4 rings (SSSR count). The molecule has 0 radical (unpaired) electrons. The lowest BCUT2D eigenvalue weighted by Gasteiger charge is -2.42. The summed E-state index contributed by atoms with van der Waals surface area (Å²) in [6, 6.07) is 8.78. The minimum absolute atomic E-state index is 0.126. The third-order valence-electron chi connectivity index (χ3n) is 6.46. The lowest BCUT2D eigenvalue weighted by Crippen LogP contribution is -2.50. The topological polar surface area (TPSA) is 61.4 Å². The molecule has 0 saturated carbocycles. The molecule has 160 valence electrons. The molecular formula is C24H33N5O. The fraction of sp³-hybridized carbons (Fsp3) is 0.542. The van der Waals surface area contributed by atoms with Crippen molar-refractivity contribution in [1.29, 1.82) is 0 Å². The van der Waals surface area contributed by atoms with Crippen molar-refractivity contribution in [3.05, 3.63) is 60.2 Å². The van der Waals surface area contributed by atoms with Crippen molar-refractivity contribution in [3.63, 3.8) is 0 Å². The van der Waals surface area contributed by atoms with Gasteiger partial charge in [-0.05, 0) is 75.0 Å². The third-order valence-corrected chi connectivity index (χ3v) is 6.46. The summed E-state index contributed by atoms with van der Waals surface area (Å²) in [7, 11) is 0. The van der Waals surface area contributed by atoms with Crippen LogP contribution in [0.4, 0.5) is 0 Å². The van der Waals surface area contributed by atoms with Gasteiger partial charge in [-0.2, -0.15) is 0 Å². The Kier molecular flexibility index (Phi) is 7.43. The number of piperidine rings is 2. The smallest absolute Gasteiger partial charge is 0.224 e. The van der Waals surface area contributed by atoms with Gasteiger partial charge in [-0.3, -0.25) is 24.6 Å². The number of hydrogen-bond acceptors (Lipinski definition) is 5. The second-order valence-corrected chi connectivity index (χ2v) is 8.60. The van der Waals surface area contributed by atoms with Crippen molar-refractivity contribution < 1.29 is 4.79 Å². The Balaban J connectivity index is 1.20. The van der Waals surface area contributed by atoms with E-state index in [9.17, 15) is 4.79 Å². The van der Waals surface area contributed by atoms with E-state index in [1.807, 2.05) is 30.7 Å². The van der Waals surface area contributed by atoms with Gasteiger partial charge in [-0.25, -0.2) is 0 Å².